The number of aromatic amines is 1. The zero-order valence-corrected chi connectivity index (χ0v) is 6.34. The van der Waals surface area contributed by atoms with Gasteiger partial charge in [0.2, 0.25) is 0 Å². The molecule has 0 atom stereocenters. The number of fused-ring (bicyclic) bond motifs is 1. The van der Waals surface area contributed by atoms with E-state index in [2.05, 4.69) is 27.8 Å². The normalized spacial score (nSPS) is 10.6. The molecule has 11 heavy (non-hydrogen) atoms. The van der Waals surface area contributed by atoms with Gasteiger partial charge in [0.05, 0.1) is 6.33 Å². The van der Waals surface area contributed by atoms with Crippen molar-refractivity contribution >= 4 is 24.0 Å². The van der Waals surface area contributed by atoms with Crippen LogP contribution in [0.5, 0.6) is 0 Å². The van der Waals surface area contributed by atoms with E-state index in [1.54, 1.807) is 0 Å². The smallest absolute Gasteiger partial charge is 0.182 e. The maximum absolute atomic E-state index is 7.48. The number of nitrogens with one attached hydrogen (secondary N) is 2. The Balaban J connectivity index is 3.05. The second kappa shape index (κ2) is 2.09. The first-order valence-electron chi connectivity index (χ1n) is 2.93. The molecular formula is C5H5N5S. The molecule has 2 heterocycles. The lowest BCUT2D eigenvalue weighted by atomic mass is 10.5. The topological polar surface area (TPSA) is 70.3 Å². The number of H-pyrrole nitrogens is 1. The lowest BCUT2D eigenvalue weighted by molar-refractivity contribution is 1.02. The number of rotatable bonds is 0. The summed E-state index contributed by atoms with van der Waals surface area (Å²) in [6.45, 7) is 0. The summed E-state index contributed by atoms with van der Waals surface area (Å²) in [5.41, 5.74) is 1.40. The lowest BCUT2D eigenvalue weighted by Crippen LogP contribution is -2.13. The molecule has 0 aliphatic carbocycles. The van der Waals surface area contributed by atoms with Crippen molar-refractivity contribution in [2.75, 3.05) is 0 Å². The molecule has 0 saturated heterocycles. The average Bonchev–Trinajstić information content (AvgIpc) is 2.45. The minimum absolute atomic E-state index is 0.260. The predicted octanol–water partition coefficient (Wildman–Crippen LogP) is -0.0682. The van der Waals surface area contributed by atoms with E-state index in [-0.39, 0.29) is 5.49 Å². The van der Waals surface area contributed by atoms with Crippen molar-refractivity contribution in [2.45, 2.75) is 0 Å². The third-order valence-electron chi connectivity index (χ3n) is 1.37. The second-order valence-electron chi connectivity index (χ2n) is 2.04. The van der Waals surface area contributed by atoms with Crippen molar-refractivity contribution in [3.8, 4) is 0 Å². The summed E-state index contributed by atoms with van der Waals surface area (Å²) in [5.74, 6) is 0. The Labute approximate surface area is 67.2 Å². The maximum atomic E-state index is 7.48. The molecule has 0 fully saturated rings. The highest BCUT2D eigenvalue weighted by Crippen LogP contribution is 1.97. The predicted molar refractivity (Wildman–Crippen MR) is 42.1 cm³/mol. The molecular weight excluding hydrogens is 162 g/mol. The number of hydrogen-bond acceptors (Lipinski definition) is 4. The molecule has 6 heteroatoms. The highest BCUT2D eigenvalue weighted by Gasteiger charge is 1.99. The maximum Gasteiger partial charge on any atom is 0.182 e. The quantitative estimate of drug-likeness (QED) is 0.481. The van der Waals surface area contributed by atoms with Crippen molar-refractivity contribution in [3.05, 3.63) is 18.1 Å². The Morgan fingerprint density at radius 2 is 2.36 bits per heavy atom. The van der Waals surface area contributed by atoms with Crippen LogP contribution in [0.2, 0.25) is 0 Å². The van der Waals surface area contributed by atoms with Gasteiger partial charge in [-0.1, -0.05) is 12.8 Å². The third-order valence-corrected chi connectivity index (χ3v) is 1.68. The van der Waals surface area contributed by atoms with E-state index < -0.39 is 0 Å². The van der Waals surface area contributed by atoms with Gasteiger partial charge in [-0.25, -0.2) is 9.97 Å². The summed E-state index contributed by atoms with van der Waals surface area (Å²) in [6.07, 6.45) is 2.94. The molecule has 0 bridgehead atoms. The summed E-state index contributed by atoms with van der Waals surface area (Å²) < 4.78 is 1.32. The molecule has 0 spiro atoms. The monoisotopic (exact) mass is 167 g/mol. The van der Waals surface area contributed by atoms with Crippen LogP contribution in [0.3, 0.4) is 0 Å². The van der Waals surface area contributed by atoms with E-state index >= 15 is 0 Å². The average molecular weight is 167 g/mol. The van der Waals surface area contributed by atoms with E-state index in [0.717, 1.165) is 0 Å². The van der Waals surface area contributed by atoms with E-state index in [1.165, 1.54) is 16.6 Å². The van der Waals surface area contributed by atoms with Crippen LogP contribution in [0.1, 0.15) is 0 Å². The minimum Gasteiger partial charge on any atom is -0.340 e. The Kier molecular flexibility index (Phi) is 1.22. The van der Waals surface area contributed by atoms with Crippen LogP contribution in [0.25, 0.3) is 11.2 Å². The second-order valence-corrected chi connectivity index (χ2v) is 2.47. The van der Waals surface area contributed by atoms with Crippen LogP contribution in [-0.4, -0.2) is 18.9 Å². The molecule has 5 nitrogen and oxygen atoms in total. The van der Waals surface area contributed by atoms with Crippen LogP contribution in [0, 0.1) is 5.41 Å². The van der Waals surface area contributed by atoms with Gasteiger partial charge in [-0.3, -0.25) is 9.38 Å². The fraction of sp³-hybridized carbons (Fsp3) is 0. The Morgan fingerprint density at radius 3 is 3.18 bits per heavy atom. The summed E-state index contributed by atoms with van der Waals surface area (Å²) in [5, 5.41) is 7.48. The van der Waals surface area contributed by atoms with Gasteiger partial charge in [-0.05, 0) is 0 Å². The Bertz CT molecular complexity index is 441. The SMILES string of the molecule is N=c1c2[nH]cnc2ncn1S. The van der Waals surface area contributed by atoms with E-state index in [9.17, 15) is 0 Å². The van der Waals surface area contributed by atoms with Crippen LogP contribution >= 0.6 is 12.8 Å². The molecule has 56 valence electrons. The Morgan fingerprint density at radius 1 is 1.55 bits per heavy atom. The van der Waals surface area contributed by atoms with Gasteiger partial charge in [-0.15, -0.1) is 0 Å². The molecule has 0 saturated carbocycles. The number of nitrogens with zero attached hydrogens (tertiary/aromatic N) is 3. The highest BCUT2D eigenvalue weighted by atomic mass is 32.1. The molecule has 0 aromatic carbocycles. The van der Waals surface area contributed by atoms with Crippen molar-refractivity contribution in [1.29, 1.82) is 5.41 Å². The van der Waals surface area contributed by atoms with Crippen molar-refractivity contribution in [2.24, 2.45) is 0 Å². The van der Waals surface area contributed by atoms with Gasteiger partial charge in [0, 0.05) is 0 Å². The molecule has 2 rings (SSSR count). The van der Waals surface area contributed by atoms with Gasteiger partial charge >= 0.3 is 0 Å². The molecule has 0 amide bonds. The molecule has 0 unspecified atom stereocenters. The van der Waals surface area contributed by atoms with Crippen molar-refractivity contribution in [1.82, 2.24) is 18.9 Å². The van der Waals surface area contributed by atoms with Crippen LogP contribution in [-0.2, 0) is 0 Å². The van der Waals surface area contributed by atoms with Gasteiger partial charge in [0.15, 0.2) is 11.1 Å². The van der Waals surface area contributed by atoms with Gasteiger partial charge in [0.1, 0.15) is 11.8 Å². The van der Waals surface area contributed by atoms with Crippen molar-refractivity contribution < 1.29 is 0 Å². The van der Waals surface area contributed by atoms with E-state index in [1.807, 2.05) is 0 Å². The first kappa shape index (κ1) is 6.41. The van der Waals surface area contributed by atoms with E-state index in [4.69, 9.17) is 5.41 Å². The zero-order chi connectivity index (χ0) is 7.84. The number of thiol groups is 1. The molecule has 0 radical (unpaired) electrons. The molecule has 2 N–H and O–H groups in total. The lowest BCUT2D eigenvalue weighted by Gasteiger charge is -1.93. The van der Waals surface area contributed by atoms with E-state index in [0.29, 0.717) is 11.2 Å². The summed E-state index contributed by atoms with van der Waals surface area (Å²) >= 11 is 3.97. The molecule has 2 aromatic heterocycles. The summed E-state index contributed by atoms with van der Waals surface area (Å²) in [7, 11) is 0. The number of aromatic nitrogens is 4. The largest absolute Gasteiger partial charge is 0.340 e. The van der Waals surface area contributed by atoms with Gasteiger partial charge in [-0.2, -0.15) is 0 Å². The third kappa shape index (κ3) is 0.829. The summed E-state index contributed by atoms with van der Waals surface area (Å²) in [6, 6.07) is 0. The van der Waals surface area contributed by atoms with Crippen LogP contribution in [0.4, 0.5) is 0 Å². The zero-order valence-electron chi connectivity index (χ0n) is 5.44. The van der Waals surface area contributed by atoms with Crippen molar-refractivity contribution in [3.63, 3.8) is 0 Å². The first-order chi connectivity index (χ1) is 5.29. The van der Waals surface area contributed by atoms with Crippen LogP contribution in [0.15, 0.2) is 12.7 Å². The standard InChI is InChI=1S/C5H5N5S/c6-4-3-5(8-1-7-3)9-2-10(4)11/h1-2,6,11H,(H,7,8). The number of imidazole rings is 1. The fourth-order valence-corrected chi connectivity index (χ4v) is 0.993. The molecule has 0 aliphatic heterocycles. The van der Waals surface area contributed by atoms with Gasteiger partial charge < -0.3 is 4.98 Å². The summed E-state index contributed by atoms with van der Waals surface area (Å²) in [4.78, 5) is 10.6. The Hall–Kier alpha value is -1.30. The highest BCUT2D eigenvalue weighted by molar-refractivity contribution is 7.78. The van der Waals surface area contributed by atoms with Gasteiger partial charge in [0.25, 0.3) is 0 Å². The first-order valence-corrected chi connectivity index (χ1v) is 3.33. The molecule has 0 aliphatic rings. The van der Waals surface area contributed by atoms with Crippen LogP contribution < -0.4 is 5.49 Å². The molecule has 2 aromatic rings. The number of hydrogen-bond donors (Lipinski definition) is 3. The minimum atomic E-state index is 0.260. The fourth-order valence-electron chi connectivity index (χ4n) is 0.841.